The highest BCUT2D eigenvalue weighted by Crippen LogP contribution is 2.28. The molecule has 0 bridgehead atoms. The second-order valence-electron chi connectivity index (χ2n) is 2.84. The standard InChI is InChI=1S/C9H7Cl2NO4/c1-16-9(13)6-2-5(12(14)15)3-8(11)7(6)4-10/h2-3H,4H2,1H3. The predicted octanol–water partition coefficient (Wildman–Crippen LogP) is 2.77. The van der Waals surface area contributed by atoms with Gasteiger partial charge in [-0.3, -0.25) is 10.1 Å². The van der Waals surface area contributed by atoms with Crippen molar-refractivity contribution in [2.75, 3.05) is 7.11 Å². The second-order valence-corrected chi connectivity index (χ2v) is 3.51. The molecule has 1 rings (SSSR count). The van der Waals surface area contributed by atoms with E-state index in [4.69, 9.17) is 23.2 Å². The first kappa shape index (κ1) is 12.7. The summed E-state index contributed by atoms with van der Waals surface area (Å²) in [6, 6.07) is 2.24. The number of rotatable bonds is 3. The molecule has 0 atom stereocenters. The van der Waals surface area contributed by atoms with Crippen LogP contribution in [0.25, 0.3) is 0 Å². The van der Waals surface area contributed by atoms with Gasteiger partial charge in [-0.25, -0.2) is 4.79 Å². The van der Waals surface area contributed by atoms with E-state index in [1.165, 1.54) is 7.11 Å². The van der Waals surface area contributed by atoms with Crippen molar-refractivity contribution in [2.24, 2.45) is 0 Å². The van der Waals surface area contributed by atoms with E-state index in [1.54, 1.807) is 0 Å². The van der Waals surface area contributed by atoms with Crippen LogP contribution in [0.1, 0.15) is 15.9 Å². The van der Waals surface area contributed by atoms with Gasteiger partial charge in [0.05, 0.1) is 22.6 Å². The van der Waals surface area contributed by atoms with Crippen LogP contribution in [0.3, 0.4) is 0 Å². The molecular formula is C9H7Cl2NO4. The number of carbonyl (C=O) groups is 1. The molecule has 86 valence electrons. The lowest BCUT2D eigenvalue weighted by atomic mass is 10.1. The third kappa shape index (κ3) is 2.43. The topological polar surface area (TPSA) is 69.4 Å². The number of methoxy groups -OCH3 is 1. The first-order chi connectivity index (χ1) is 7.51. The summed E-state index contributed by atoms with van der Waals surface area (Å²) < 4.78 is 4.49. The summed E-state index contributed by atoms with van der Waals surface area (Å²) in [6.07, 6.45) is 0. The van der Waals surface area contributed by atoms with Crippen molar-refractivity contribution >= 4 is 34.9 Å². The summed E-state index contributed by atoms with van der Waals surface area (Å²) in [7, 11) is 1.17. The Morgan fingerprint density at radius 2 is 2.19 bits per heavy atom. The minimum atomic E-state index is -0.707. The Kier molecular flexibility index (Phi) is 4.09. The molecule has 0 aliphatic rings. The maximum atomic E-state index is 11.4. The molecule has 1 aromatic carbocycles. The van der Waals surface area contributed by atoms with E-state index >= 15 is 0 Å². The Morgan fingerprint density at radius 1 is 1.56 bits per heavy atom. The summed E-state index contributed by atoms with van der Waals surface area (Å²) in [5.41, 5.74) is 0.0525. The average molecular weight is 264 g/mol. The number of nitrogens with zero attached hydrogens (tertiary/aromatic N) is 1. The minimum Gasteiger partial charge on any atom is -0.465 e. The summed E-state index contributed by atoms with van der Waals surface area (Å²) in [4.78, 5) is 21.3. The van der Waals surface area contributed by atoms with E-state index in [-0.39, 0.29) is 22.2 Å². The van der Waals surface area contributed by atoms with Crippen molar-refractivity contribution in [3.63, 3.8) is 0 Å². The van der Waals surface area contributed by atoms with Gasteiger partial charge in [-0.15, -0.1) is 11.6 Å². The van der Waals surface area contributed by atoms with Crippen molar-refractivity contribution < 1.29 is 14.5 Å². The first-order valence-corrected chi connectivity index (χ1v) is 5.03. The monoisotopic (exact) mass is 263 g/mol. The van der Waals surface area contributed by atoms with E-state index in [0.717, 1.165) is 12.1 Å². The zero-order valence-electron chi connectivity index (χ0n) is 8.20. The molecule has 16 heavy (non-hydrogen) atoms. The highest BCUT2D eigenvalue weighted by atomic mass is 35.5. The van der Waals surface area contributed by atoms with Crippen LogP contribution in [-0.2, 0) is 10.6 Å². The first-order valence-electron chi connectivity index (χ1n) is 4.12. The second kappa shape index (κ2) is 5.14. The summed E-state index contributed by atoms with van der Waals surface area (Å²) in [6.45, 7) is 0. The Balaban J connectivity index is 3.42. The molecule has 0 spiro atoms. The van der Waals surface area contributed by atoms with Gasteiger partial charge in [0.1, 0.15) is 0 Å². The van der Waals surface area contributed by atoms with Crippen molar-refractivity contribution in [2.45, 2.75) is 5.88 Å². The van der Waals surface area contributed by atoms with E-state index in [0.29, 0.717) is 5.56 Å². The largest absolute Gasteiger partial charge is 0.465 e. The van der Waals surface area contributed by atoms with Crippen LogP contribution in [0.5, 0.6) is 0 Å². The fraction of sp³-hybridized carbons (Fsp3) is 0.222. The summed E-state index contributed by atoms with van der Waals surface area (Å²) >= 11 is 11.4. The van der Waals surface area contributed by atoms with E-state index in [2.05, 4.69) is 4.74 Å². The summed E-state index contributed by atoms with van der Waals surface area (Å²) in [5, 5.41) is 10.7. The molecule has 7 heteroatoms. The van der Waals surface area contributed by atoms with Gasteiger partial charge >= 0.3 is 5.97 Å². The van der Waals surface area contributed by atoms with E-state index in [1.807, 2.05) is 0 Å². The molecule has 0 heterocycles. The maximum Gasteiger partial charge on any atom is 0.338 e. The summed E-state index contributed by atoms with van der Waals surface area (Å²) in [5.74, 6) is -0.734. The van der Waals surface area contributed by atoms with Gasteiger partial charge < -0.3 is 4.74 Å². The van der Waals surface area contributed by atoms with Crippen LogP contribution in [0.2, 0.25) is 5.02 Å². The van der Waals surface area contributed by atoms with E-state index < -0.39 is 10.9 Å². The molecule has 1 aromatic rings. The lowest BCUT2D eigenvalue weighted by Crippen LogP contribution is -2.06. The lowest BCUT2D eigenvalue weighted by Gasteiger charge is -2.06. The van der Waals surface area contributed by atoms with Crippen LogP contribution in [0, 0.1) is 10.1 Å². The normalized spacial score (nSPS) is 9.94. The van der Waals surface area contributed by atoms with Gasteiger partial charge in [0.15, 0.2) is 0 Å². The third-order valence-electron chi connectivity index (χ3n) is 1.93. The quantitative estimate of drug-likeness (QED) is 0.364. The number of hydrogen-bond donors (Lipinski definition) is 0. The molecule has 0 aromatic heterocycles. The number of ether oxygens (including phenoxy) is 1. The highest BCUT2D eigenvalue weighted by Gasteiger charge is 2.20. The number of nitro groups is 1. The fourth-order valence-corrected chi connectivity index (χ4v) is 1.79. The molecule has 0 N–H and O–H groups in total. The SMILES string of the molecule is COC(=O)c1cc([N+](=O)[O-])cc(Cl)c1CCl. The highest BCUT2D eigenvalue weighted by molar-refractivity contribution is 6.33. The lowest BCUT2D eigenvalue weighted by molar-refractivity contribution is -0.384. The Bertz CT molecular complexity index is 447. The van der Waals surface area contributed by atoms with Crippen molar-refractivity contribution in [1.29, 1.82) is 0 Å². The van der Waals surface area contributed by atoms with Gasteiger partial charge in [-0.2, -0.15) is 0 Å². The number of hydrogen-bond acceptors (Lipinski definition) is 4. The number of esters is 1. The minimum absolute atomic E-state index is 0.0108. The van der Waals surface area contributed by atoms with Crippen LogP contribution in [0.15, 0.2) is 12.1 Å². The fourth-order valence-electron chi connectivity index (χ4n) is 1.16. The molecular weight excluding hydrogens is 257 g/mol. The molecule has 0 saturated carbocycles. The number of halogens is 2. The number of nitro benzene ring substituents is 1. The zero-order valence-corrected chi connectivity index (χ0v) is 9.71. The maximum absolute atomic E-state index is 11.4. The Hall–Kier alpha value is -1.33. The predicted molar refractivity (Wildman–Crippen MR) is 59.0 cm³/mol. The number of benzene rings is 1. The molecule has 0 amide bonds. The molecule has 5 nitrogen and oxygen atoms in total. The zero-order chi connectivity index (χ0) is 12.3. The van der Waals surface area contributed by atoms with Crippen LogP contribution in [0.4, 0.5) is 5.69 Å². The molecule has 0 unspecified atom stereocenters. The molecule has 0 aliphatic heterocycles. The van der Waals surface area contributed by atoms with Gasteiger partial charge in [-0.1, -0.05) is 11.6 Å². The molecule has 0 aliphatic carbocycles. The van der Waals surface area contributed by atoms with Gasteiger partial charge in [0.2, 0.25) is 0 Å². The third-order valence-corrected chi connectivity index (χ3v) is 2.53. The van der Waals surface area contributed by atoms with Crippen LogP contribution < -0.4 is 0 Å². The van der Waals surface area contributed by atoms with Gasteiger partial charge in [0, 0.05) is 23.6 Å². The molecule has 0 fully saturated rings. The Morgan fingerprint density at radius 3 is 2.62 bits per heavy atom. The average Bonchev–Trinajstić information content (AvgIpc) is 2.26. The number of alkyl halides is 1. The van der Waals surface area contributed by atoms with Crippen molar-refractivity contribution in [1.82, 2.24) is 0 Å². The molecule has 0 saturated heterocycles. The van der Waals surface area contributed by atoms with Gasteiger partial charge in [-0.05, 0) is 0 Å². The van der Waals surface area contributed by atoms with Gasteiger partial charge in [0.25, 0.3) is 5.69 Å². The Labute approximate surface area is 101 Å². The van der Waals surface area contributed by atoms with Crippen LogP contribution >= 0.6 is 23.2 Å². The number of carbonyl (C=O) groups excluding carboxylic acids is 1. The number of non-ortho nitro benzene ring substituents is 1. The van der Waals surface area contributed by atoms with Crippen molar-refractivity contribution in [3.05, 3.63) is 38.4 Å². The molecule has 0 radical (unpaired) electrons. The van der Waals surface area contributed by atoms with E-state index in [9.17, 15) is 14.9 Å². The smallest absolute Gasteiger partial charge is 0.338 e. The van der Waals surface area contributed by atoms with Crippen LogP contribution in [-0.4, -0.2) is 18.0 Å². The van der Waals surface area contributed by atoms with Crippen molar-refractivity contribution in [3.8, 4) is 0 Å².